The number of hydrogen-bond donors (Lipinski definition) is 1. The molecule has 0 spiro atoms. The molecule has 0 aliphatic heterocycles. The summed E-state index contributed by atoms with van der Waals surface area (Å²) in [7, 11) is 3.24. The van der Waals surface area contributed by atoms with Crippen LogP contribution < -0.4 is 14.8 Å². The smallest absolute Gasteiger partial charge is 0.322 e. The Morgan fingerprint density at radius 3 is 2.76 bits per heavy atom. The summed E-state index contributed by atoms with van der Waals surface area (Å²) < 4.78 is 17.2. The number of nitrogens with one attached hydrogen (secondary N) is 1. The lowest BCUT2D eigenvalue weighted by Gasteiger charge is -2.00. The Hall–Kier alpha value is -3.13. The van der Waals surface area contributed by atoms with E-state index in [0.717, 1.165) is 27.3 Å². The molecule has 126 valence electrons. The molecule has 2 aromatic carbocycles. The molecular formula is C17H14N4O3S. The van der Waals surface area contributed by atoms with E-state index in [9.17, 15) is 0 Å². The maximum atomic E-state index is 5.67. The van der Waals surface area contributed by atoms with E-state index in [1.165, 1.54) is 11.3 Å². The lowest BCUT2D eigenvalue weighted by molar-refractivity contribution is 0.415. The number of hydrogen-bond acceptors (Lipinski definition) is 8. The minimum atomic E-state index is 0.274. The average Bonchev–Trinajstić information content (AvgIpc) is 3.28. The van der Waals surface area contributed by atoms with Gasteiger partial charge >= 0.3 is 6.01 Å². The van der Waals surface area contributed by atoms with Crippen LogP contribution in [0, 0.1) is 0 Å². The molecule has 8 heteroatoms. The molecule has 0 unspecified atom stereocenters. The fraction of sp³-hybridized carbons (Fsp3) is 0.118. The van der Waals surface area contributed by atoms with Gasteiger partial charge in [-0.15, -0.1) is 5.10 Å². The lowest BCUT2D eigenvalue weighted by atomic mass is 10.2. The fourth-order valence-electron chi connectivity index (χ4n) is 2.38. The third-order valence-corrected chi connectivity index (χ3v) is 4.49. The molecule has 1 N–H and O–H groups in total. The van der Waals surface area contributed by atoms with Crippen molar-refractivity contribution in [3.63, 3.8) is 0 Å². The van der Waals surface area contributed by atoms with Gasteiger partial charge in [0.15, 0.2) is 5.13 Å². The van der Waals surface area contributed by atoms with Crippen LogP contribution in [0.3, 0.4) is 0 Å². The number of aromatic nitrogens is 3. The molecule has 2 aromatic heterocycles. The Labute approximate surface area is 147 Å². The van der Waals surface area contributed by atoms with Gasteiger partial charge in [0.25, 0.3) is 0 Å². The number of anilines is 2. The molecule has 25 heavy (non-hydrogen) atoms. The Morgan fingerprint density at radius 2 is 1.92 bits per heavy atom. The van der Waals surface area contributed by atoms with Crippen LogP contribution in [0.5, 0.6) is 11.5 Å². The molecule has 7 nitrogen and oxygen atoms in total. The van der Waals surface area contributed by atoms with Crippen molar-refractivity contribution in [2.45, 2.75) is 0 Å². The zero-order chi connectivity index (χ0) is 17.2. The Kier molecular flexibility index (Phi) is 3.95. The van der Waals surface area contributed by atoms with E-state index in [0.29, 0.717) is 11.0 Å². The van der Waals surface area contributed by atoms with E-state index in [4.69, 9.17) is 13.9 Å². The standard InChI is InChI=1S/C17H14N4O3S/c1-22-11-6-3-5-10(9-11)15-20-21-16(24-15)19-17-18-14-12(23-2)7-4-8-13(14)25-17/h3-9H,1-2H3,(H,18,19,21). The zero-order valence-electron chi connectivity index (χ0n) is 13.5. The zero-order valence-corrected chi connectivity index (χ0v) is 14.3. The first-order valence-corrected chi connectivity index (χ1v) is 8.27. The van der Waals surface area contributed by atoms with Crippen molar-refractivity contribution >= 4 is 32.7 Å². The van der Waals surface area contributed by atoms with Gasteiger partial charge in [-0.05, 0) is 30.3 Å². The fourth-order valence-corrected chi connectivity index (χ4v) is 3.25. The number of methoxy groups -OCH3 is 2. The van der Waals surface area contributed by atoms with Crippen LogP contribution >= 0.6 is 11.3 Å². The van der Waals surface area contributed by atoms with Gasteiger partial charge in [0.2, 0.25) is 5.89 Å². The lowest BCUT2D eigenvalue weighted by Crippen LogP contribution is -1.89. The first kappa shape index (κ1) is 15.4. The number of thiazole rings is 1. The van der Waals surface area contributed by atoms with Crippen molar-refractivity contribution in [3.05, 3.63) is 42.5 Å². The van der Waals surface area contributed by atoms with Crippen LogP contribution in [-0.4, -0.2) is 29.4 Å². The van der Waals surface area contributed by atoms with Crippen molar-refractivity contribution in [1.82, 2.24) is 15.2 Å². The minimum Gasteiger partial charge on any atom is -0.497 e. The third kappa shape index (κ3) is 2.99. The predicted molar refractivity (Wildman–Crippen MR) is 95.7 cm³/mol. The second kappa shape index (κ2) is 6.40. The van der Waals surface area contributed by atoms with Crippen LogP contribution in [0.25, 0.3) is 21.7 Å². The topological polar surface area (TPSA) is 82.3 Å². The van der Waals surface area contributed by atoms with Crippen LogP contribution in [0.2, 0.25) is 0 Å². The van der Waals surface area contributed by atoms with E-state index in [-0.39, 0.29) is 6.01 Å². The van der Waals surface area contributed by atoms with Crippen LogP contribution in [0.4, 0.5) is 11.1 Å². The summed E-state index contributed by atoms with van der Waals surface area (Å²) in [6.45, 7) is 0. The van der Waals surface area contributed by atoms with Gasteiger partial charge in [-0.3, -0.25) is 5.32 Å². The SMILES string of the molecule is COc1cccc(-c2nnc(Nc3nc4c(OC)cccc4s3)o2)c1. The summed E-state index contributed by atoms with van der Waals surface area (Å²) in [5.74, 6) is 1.85. The normalized spacial score (nSPS) is 10.8. The first-order chi connectivity index (χ1) is 12.3. The van der Waals surface area contributed by atoms with Gasteiger partial charge in [-0.25, -0.2) is 4.98 Å². The monoisotopic (exact) mass is 354 g/mol. The molecule has 0 saturated heterocycles. The first-order valence-electron chi connectivity index (χ1n) is 7.45. The maximum Gasteiger partial charge on any atom is 0.322 e. The maximum absolute atomic E-state index is 5.67. The molecule has 4 rings (SSSR count). The molecule has 0 bridgehead atoms. The summed E-state index contributed by atoms with van der Waals surface area (Å²) in [4.78, 5) is 4.52. The number of fused-ring (bicyclic) bond motifs is 1. The van der Waals surface area contributed by atoms with Gasteiger partial charge in [-0.1, -0.05) is 28.6 Å². The highest BCUT2D eigenvalue weighted by Gasteiger charge is 2.13. The van der Waals surface area contributed by atoms with Gasteiger partial charge in [0, 0.05) is 5.56 Å². The second-order valence-corrected chi connectivity index (χ2v) is 6.13. The number of benzene rings is 2. The van der Waals surface area contributed by atoms with Crippen LogP contribution in [-0.2, 0) is 0 Å². The van der Waals surface area contributed by atoms with Crippen LogP contribution in [0.15, 0.2) is 46.9 Å². The third-order valence-electron chi connectivity index (χ3n) is 3.56. The number of ether oxygens (including phenoxy) is 2. The molecular weight excluding hydrogens is 340 g/mol. The molecule has 0 aliphatic carbocycles. The molecule has 0 aliphatic rings. The van der Waals surface area contributed by atoms with E-state index in [1.54, 1.807) is 14.2 Å². The molecule has 0 atom stereocenters. The van der Waals surface area contributed by atoms with Crippen molar-refractivity contribution in [2.75, 3.05) is 19.5 Å². The quantitative estimate of drug-likeness (QED) is 0.577. The molecule has 0 saturated carbocycles. The molecule has 4 aromatic rings. The Morgan fingerprint density at radius 1 is 1.04 bits per heavy atom. The summed E-state index contributed by atoms with van der Waals surface area (Å²) in [6.07, 6.45) is 0. The molecule has 0 amide bonds. The van der Waals surface area contributed by atoms with Gasteiger partial charge in [0.1, 0.15) is 17.0 Å². The van der Waals surface area contributed by atoms with E-state index in [1.807, 2.05) is 42.5 Å². The van der Waals surface area contributed by atoms with Crippen molar-refractivity contribution in [2.24, 2.45) is 0 Å². The van der Waals surface area contributed by atoms with Gasteiger partial charge in [-0.2, -0.15) is 0 Å². The number of rotatable bonds is 5. The van der Waals surface area contributed by atoms with Gasteiger partial charge in [0.05, 0.1) is 18.9 Å². The van der Waals surface area contributed by atoms with Crippen molar-refractivity contribution in [1.29, 1.82) is 0 Å². The highest BCUT2D eigenvalue weighted by Crippen LogP contribution is 2.33. The molecule has 0 radical (unpaired) electrons. The largest absolute Gasteiger partial charge is 0.497 e. The van der Waals surface area contributed by atoms with E-state index in [2.05, 4.69) is 20.5 Å². The number of nitrogens with zero attached hydrogens (tertiary/aromatic N) is 3. The highest BCUT2D eigenvalue weighted by atomic mass is 32.1. The Bertz CT molecular complexity index is 1030. The summed E-state index contributed by atoms with van der Waals surface area (Å²) in [5, 5.41) is 11.8. The summed E-state index contributed by atoms with van der Waals surface area (Å²) >= 11 is 1.48. The molecule has 0 fully saturated rings. The summed E-state index contributed by atoms with van der Waals surface area (Å²) in [5.41, 5.74) is 1.58. The highest BCUT2D eigenvalue weighted by molar-refractivity contribution is 7.22. The Balaban J connectivity index is 1.61. The summed E-state index contributed by atoms with van der Waals surface area (Å²) in [6, 6.07) is 13.5. The average molecular weight is 354 g/mol. The second-order valence-electron chi connectivity index (χ2n) is 5.10. The van der Waals surface area contributed by atoms with E-state index < -0.39 is 0 Å². The minimum absolute atomic E-state index is 0.274. The molecule has 2 heterocycles. The van der Waals surface area contributed by atoms with Gasteiger partial charge < -0.3 is 13.9 Å². The van der Waals surface area contributed by atoms with E-state index >= 15 is 0 Å². The number of para-hydroxylation sites is 1. The van der Waals surface area contributed by atoms with Crippen LogP contribution in [0.1, 0.15) is 0 Å². The van der Waals surface area contributed by atoms with Crippen molar-refractivity contribution in [3.8, 4) is 23.0 Å². The predicted octanol–water partition coefficient (Wildman–Crippen LogP) is 4.11. The van der Waals surface area contributed by atoms with Crippen molar-refractivity contribution < 1.29 is 13.9 Å².